The number of fused-ring (bicyclic) bond motifs is 19. The van der Waals surface area contributed by atoms with Crippen molar-refractivity contribution in [3.63, 3.8) is 0 Å². The van der Waals surface area contributed by atoms with Gasteiger partial charge < -0.3 is 27.1 Å². The van der Waals surface area contributed by atoms with Crippen LogP contribution in [0.25, 0.3) is 165 Å². The largest absolute Gasteiger partial charge is 0.456 e. The van der Waals surface area contributed by atoms with E-state index in [4.69, 9.17) is 8.83 Å². The number of rotatable bonds is 5. The van der Waals surface area contributed by atoms with Gasteiger partial charge in [-0.05, 0) is 114 Å². The van der Waals surface area contributed by atoms with Gasteiger partial charge in [-0.2, -0.15) is 0 Å². The van der Waals surface area contributed by atoms with E-state index in [2.05, 4.69) is 261 Å². The number of hydrogen-bond donors (Lipinski definition) is 0. The normalized spacial score (nSPS) is 12.4. The van der Waals surface area contributed by atoms with Crippen LogP contribution in [0.5, 0.6) is 0 Å². The molecule has 0 aliphatic heterocycles. The lowest BCUT2D eigenvalue weighted by Gasteiger charge is -2.19. The van der Waals surface area contributed by atoms with Crippen molar-refractivity contribution < 1.29 is 8.83 Å². The highest BCUT2D eigenvalue weighted by molar-refractivity contribution is 6.24. The lowest BCUT2D eigenvalue weighted by Crippen LogP contribution is -2.04. The van der Waals surface area contributed by atoms with E-state index in [1.165, 1.54) is 26.9 Å². The molecular weight excluding hydrogens is 953 g/mol. The van der Waals surface area contributed by atoms with Gasteiger partial charge in [-0.3, -0.25) is 0 Å². The Labute approximate surface area is 444 Å². The van der Waals surface area contributed by atoms with E-state index in [1.54, 1.807) is 0 Å². The first kappa shape index (κ1) is 41.8. The molecule has 0 amide bonds. The molecule has 0 saturated carbocycles. The molecule has 0 spiro atoms. The molecule has 0 N–H and O–H groups in total. The van der Waals surface area contributed by atoms with Crippen molar-refractivity contribution in [2.75, 3.05) is 0 Å². The zero-order valence-corrected chi connectivity index (χ0v) is 41.9. The van der Waals surface area contributed by atoms with Gasteiger partial charge >= 0.3 is 0 Å². The van der Waals surface area contributed by atoms with E-state index < -0.39 is 0 Å². The Morgan fingerprint density at radius 1 is 0.205 bits per heavy atom. The first-order valence-electron chi connectivity index (χ1n) is 26.7. The molecule has 6 aromatic heterocycles. The summed E-state index contributed by atoms with van der Waals surface area (Å²) in [6, 6.07) is 92.8. The van der Waals surface area contributed by atoms with Crippen LogP contribution in [0.4, 0.5) is 0 Å². The van der Waals surface area contributed by atoms with Crippen molar-refractivity contribution >= 4 is 131 Å². The molecule has 78 heavy (non-hydrogen) atoms. The molecule has 0 atom stereocenters. The molecule has 0 unspecified atom stereocenters. The third-order valence-corrected chi connectivity index (χ3v) is 16.8. The van der Waals surface area contributed by atoms with E-state index in [1.807, 2.05) is 12.1 Å². The van der Waals surface area contributed by atoms with Crippen LogP contribution in [-0.2, 0) is 0 Å². The maximum atomic E-state index is 6.71. The fourth-order valence-corrected chi connectivity index (χ4v) is 13.4. The van der Waals surface area contributed by atoms with Crippen LogP contribution in [-0.4, -0.2) is 18.3 Å². The minimum absolute atomic E-state index is 0.890. The predicted octanol–water partition coefficient (Wildman–Crippen LogP) is 19.5. The molecule has 0 fully saturated rings. The predicted molar refractivity (Wildman–Crippen MR) is 324 cm³/mol. The van der Waals surface area contributed by atoms with Gasteiger partial charge in [0.1, 0.15) is 22.3 Å². The third-order valence-electron chi connectivity index (χ3n) is 16.8. The number of para-hydroxylation sites is 9. The van der Waals surface area contributed by atoms with E-state index >= 15 is 0 Å². The summed E-state index contributed by atoms with van der Waals surface area (Å²) in [5.41, 5.74) is 19.3. The highest BCUT2D eigenvalue weighted by atomic mass is 16.3. The summed E-state index contributed by atoms with van der Waals surface area (Å²) in [5.74, 6) is 0. The minimum atomic E-state index is 0.890. The van der Waals surface area contributed by atoms with Crippen LogP contribution in [0.2, 0.25) is 0 Å². The summed E-state index contributed by atoms with van der Waals surface area (Å²) in [4.78, 5) is 0. The first-order chi connectivity index (χ1) is 38.7. The lowest BCUT2D eigenvalue weighted by molar-refractivity contribution is 0.669. The minimum Gasteiger partial charge on any atom is -0.456 e. The number of benzene rings is 12. The van der Waals surface area contributed by atoms with Crippen molar-refractivity contribution in [3.05, 3.63) is 255 Å². The van der Waals surface area contributed by atoms with Gasteiger partial charge in [-0.15, -0.1) is 0 Å². The zero-order chi connectivity index (χ0) is 50.7. The Morgan fingerprint density at radius 2 is 0.615 bits per heavy atom. The highest BCUT2D eigenvalue weighted by Gasteiger charge is 2.25. The molecule has 0 saturated heterocycles. The standard InChI is InChI=1S/C72H42N4O2/c1-8-24-56-45(17-1)46-18-2-9-25-57(46)74(56)67-40-44(34-37-64(67)76-59-27-11-4-20-48(59)54-42-70-55(41-66(54)76)50-22-7-15-31-68(50)77-70)43-33-36-61-53(39-43)47-19-3-10-26-58(47)73(61)62-29-13-14-30-63(62)75-60-28-12-5-23-52(60)71-65(75)38-35-51-49-21-6-16-32-69(49)78-72(51)71/h1-42H. The Kier molecular flexibility index (Phi) is 8.30. The number of aromatic nitrogens is 4. The Hall–Kier alpha value is -10.6. The monoisotopic (exact) mass is 994 g/mol. The summed E-state index contributed by atoms with van der Waals surface area (Å²) in [5, 5.41) is 13.9. The van der Waals surface area contributed by atoms with Gasteiger partial charge in [0.2, 0.25) is 0 Å². The van der Waals surface area contributed by atoms with E-state index in [9.17, 15) is 0 Å². The fraction of sp³-hybridized carbons (Fsp3) is 0. The van der Waals surface area contributed by atoms with Crippen LogP contribution < -0.4 is 0 Å². The maximum Gasteiger partial charge on any atom is 0.145 e. The van der Waals surface area contributed by atoms with Crippen LogP contribution in [0, 0.1) is 0 Å². The molecule has 0 aliphatic carbocycles. The second-order valence-corrected chi connectivity index (χ2v) is 20.7. The van der Waals surface area contributed by atoms with E-state index in [0.29, 0.717) is 0 Å². The first-order valence-corrected chi connectivity index (χ1v) is 26.7. The molecular formula is C72H42N4O2. The highest BCUT2D eigenvalue weighted by Crippen LogP contribution is 2.46. The summed E-state index contributed by atoms with van der Waals surface area (Å²) in [7, 11) is 0. The quantitative estimate of drug-likeness (QED) is 0.172. The third kappa shape index (κ3) is 5.59. The zero-order valence-electron chi connectivity index (χ0n) is 41.9. The molecule has 18 rings (SSSR count). The number of hydrogen-bond acceptors (Lipinski definition) is 2. The van der Waals surface area contributed by atoms with E-state index in [0.717, 1.165) is 138 Å². The van der Waals surface area contributed by atoms with Gasteiger partial charge in [0.15, 0.2) is 0 Å². The second-order valence-electron chi connectivity index (χ2n) is 20.7. The van der Waals surface area contributed by atoms with Crippen LogP contribution in [0.3, 0.4) is 0 Å². The summed E-state index contributed by atoms with van der Waals surface area (Å²) in [6.45, 7) is 0. The topological polar surface area (TPSA) is 46.0 Å². The molecule has 6 heterocycles. The van der Waals surface area contributed by atoms with Crippen molar-refractivity contribution in [3.8, 4) is 33.9 Å². The summed E-state index contributed by atoms with van der Waals surface area (Å²) >= 11 is 0. The Bertz CT molecular complexity index is 5540. The van der Waals surface area contributed by atoms with Gasteiger partial charge in [0.25, 0.3) is 0 Å². The van der Waals surface area contributed by atoms with Gasteiger partial charge in [0.05, 0.1) is 72.3 Å². The maximum absolute atomic E-state index is 6.71. The Morgan fingerprint density at radius 3 is 1.26 bits per heavy atom. The average molecular weight is 995 g/mol. The summed E-state index contributed by atoms with van der Waals surface area (Å²) in [6.07, 6.45) is 0. The van der Waals surface area contributed by atoms with Crippen molar-refractivity contribution in [1.29, 1.82) is 0 Å². The van der Waals surface area contributed by atoms with Crippen LogP contribution in [0.15, 0.2) is 264 Å². The average Bonchev–Trinajstić information content (AvgIpc) is 4.48. The van der Waals surface area contributed by atoms with Gasteiger partial charge in [-0.25, -0.2) is 0 Å². The SMILES string of the molecule is c1ccc(-n2c3ccccc3c3c4oc5ccccc5c4ccc32)c(-n2c3ccccc3c3cc(-c4ccc(-n5c6ccccc6c6cc7oc8ccccc8c7cc65)c(-n5c6ccccc6c6ccccc65)c4)ccc32)c1. The molecule has 18 aromatic rings. The Balaban J connectivity index is 0.872. The summed E-state index contributed by atoms with van der Waals surface area (Å²) < 4.78 is 23.1. The van der Waals surface area contributed by atoms with Gasteiger partial charge in [-0.1, -0.05) is 152 Å². The van der Waals surface area contributed by atoms with Crippen molar-refractivity contribution in [1.82, 2.24) is 18.3 Å². The van der Waals surface area contributed by atoms with Crippen molar-refractivity contribution in [2.45, 2.75) is 0 Å². The fourth-order valence-electron chi connectivity index (χ4n) is 13.4. The smallest absolute Gasteiger partial charge is 0.145 e. The molecule has 0 aliphatic rings. The second kappa shape index (κ2) is 15.5. The van der Waals surface area contributed by atoms with Gasteiger partial charge in [0, 0.05) is 59.2 Å². The van der Waals surface area contributed by atoms with Crippen LogP contribution >= 0.6 is 0 Å². The molecule has 12 aromatic carbocycles. The molecule has 362 valence electrons. The number of nitrogens with zero attached hydrogens (tertiary/aromatic N) is 4. The molecule has 0 radical (unpaired) electrons. The molecule has 6 nitrogen and oxygen atoms in total. The number of furan rings is 2. The van der Waals surface area contributed by atoms with Crippen LogP contribution in [0.1, 0.15) is 0 Å². The van der Waals surface area contributed by atoms with E-state index in [-0.39, 0.29) is 0 Å². The molecule has 0 bridgehead atoms. The van der Waals surface area contributed by atoms with Crippen molar-refractivity contribution in [2.24, 2.45) is 0 Å². The molecule has 6 heteroatoms. The lowest BCUT2D eigenvalue weighted by atomic mass is 10.0.